The Hall–Kier alpha value is -6.31. The average molecular weight is 1200 g/mol. The van der Waals surface area contributed by atoms with Crippen molar-refractivity contribution in [2.45, 2.75) is 85.5 Å². The van der Waals surface area contributed by atoms with Crippen molar-refractivity contribution < 1.29 is 67.0 Å². The first kappa shape index (κ1) is 63.7. The number of imide groups is 2. The fraction of sp³-hybridized carbons (Fsp3) is 0.517. The van der Waals surface area contributed by atoms with Crippen LogP contribution in [0.2, 0.25) is 10.0 Å². The van der Waals surface area contributed by atoms with Crippen molar-refractivity contribution >= 4 is 75.3 Å². The molecule has 3 aliphatic rings. The maximum Gasteiger partial charge on any atom is 0.352 e. The van der Waals surface area contributed by atoms with Crippen molar-refractivity contribution in [3.05, 3.63) is 97.4 Å². The van der Waals surface area contributed by atoms with Crippen LogP contribution in [-0.2, 0) is 62.8 Å². The Labute approximate surface area is 498 Å². The number of carboxylic acid groups (broad SMARTS) is 1. The van der Waals surface area contributed by atoms with E-state index in [0.717, 1.165) is 44.8 Å². The molecule has 22 nitrogen and oxygen atoms in total. The van der Waals surface area contributed by atoms with Gasteiger partial charge in [-0.2, -0.15) is 5.10 Å². The largest absolute Gasteiger partial charge is 0.494 e. The number of aromatic carboxylic acids is 1. The van der Waals surface area contributed by atoms with Crippen LogP contribution in [0.5, 0.6) is 5.75 Å². The van der Waals surface area contributed by atoms with Crippen LogP contribution in [0.3, 0.4) is 0 Å². The molecular weight excluding hydrogens is 1130 g/mol. The molecule has 5 amide bonds. The molecule has 2 atom stereocenters. The predicted molar refractivity (Wildman–Crippen MR) is 314 cm³/mol. The molecule has 24 heteroatoms. The van der Waals surface area contributed by atoms with E-state index in [4.69, 9.17) is 61.5 Å². The fourth-order valence-corrected chi connectivity index (χ4v) is 11.3. The van der Waals surface area contributed by atoms with Crippen molar-refractivity contribution in [1.82, 2.24) is 34.4 Å². The molecule has 2 unspecified atom stereocenters. The van der Waals surface area contributed by atoms with E-state index >= 15 is 0 Å². The van der Waals surface area contributed by atoms with E-state index < -0.39 is 47.8 Å². The van der Waals surface area contributed by atoms with Gasteiger partial charge in [0.05, 0.1) is 106 Å². The summed E-state index contributed by atoms with van der Waals surface area (Å²) in [5, 5.41) is 22.8. The van der Waals surface area contributed by atoms with Gasteiger partial charge >= 0.3 is 5.97 Å². The fourth-order valence-electron chi connectivity index (χ4n) is 11.0. The van der Waals surface area contributed by atoms with Crippen LogP contribution < -0.4 is 15.4 Å². The zero-order valence-electron chi connectivity index (χ0n) is 48.7. The highest BCUT2D eigenvalue weighted by atomic mass is 35.5. The van der Waals surface area contributed by atoms with Crippen molar-refractivity contribution in [2.75, 3.05) is 117 Å². The Balaban J connectivity index is 0.950. The number of nitrogens with one attached hydrogen (secondary N) is 2. The molecular formula is C60H76Cl2N8O14. The van der Waals surface area contributed by atoms with Crippen LogP contribution in [0.15, 0.2) is 42.5 Å². The maximum atomic E-state index is 14.5. The van der Waals surface area contributed by atoms with E-state index in [1.807, 2.05) is 68.5 Å². The van der Waals surface area contributed by atoms with E-state index in [2.05, 4.69) is 22.5 Å². The molecule has 3 N–H and O–H groups in total. The summed E-state index contributed by atoms with van der Waals surface area (Å²) in [5.41, 5.74) is 6.47. The molecule has 5 heterocycles. The molecule has 8 rings (SSSR count). The third-order valence-electron chi connectivity index (χ3n) is 15.2. The second-order valence-electron chi connectivity index (χ2n) is 20.9. The maximum absolute atomic E-state index is 14.5. The summed E-state index contributed by atoms with van der Waals surface area (Å²) in [6, 6.07) is 10.8. The molecule has 2 saturated heterocycles. The molecule has 0 radical (unpaired) electrons. The summed E-state index contributed by atoms with van der Waals surface area (Å²) in [7, 11) is 1.86. The number of fused-ring (bicyclic) bond motifs is 2. The quantitative estimate of drug-likeness (QED) is 0.0297. The standard InChI is InChI=1S/C60H76Cl2N8O14/c1-7-23-78-25-26-79-27-28-80-29-30-81-31-32-82-33-34-84-59(56(73)63-46-12-8-10-44-50(46)58(75)70(57(44)74)47-15-16-48(71)64-55(47)72)68-20-17-67(18-21-68)19-22-69-53-43(13-14-45(61)51(53)49-39(4)65-66(6)40(49)5)42(54(69)60(76)77)11-9-24-83-41-35-37(2)52(62)38(3)36-41/h8,10,12-14,35-36,47,59H,7,9,11,15-34H2,1-6H3,(H,63,73)(H,76,77)(H,64,71,72). The van der Waals surface area contributed by atoms with E-state index in [-0.39, 0.29) is 61.7 Å². The highest BCUT2D eigenvalue weighted by Crippen LogP contribution is 2.42. The van der Waals surface area contributed by atoms with E-state index in [0.29, 0.717) is 137 Å². The smallest absolute Gasteiger partial charge is 0.352 e. The molecule has 5 aromatic rings. The zero-order valence-corrected chi connectivity index (χ0v) is 50.2. The number of carboxylic acids is 1. The predicted octanol–water partition coefficient (Wildman–Crippen LogP) is 6.79. The molecule has 3 aliphatic heterocycles. The van der Waals surface area contributed by atoms with E-state index in [1.165, 1.54) is 18.2 Å². The first-order valence-corrected chi connectivity index (χ1v) is 29.3. The van der Waals surface area contributed by atoms with Gasteiger partial charge in [-0.1, -0.05) is 42.3 Å². The number of aromatic nitrogens is 3. The minimum atomic E-state index is -1.19. The summed E-state index contributed by atoms with van der Waals surface area (Å²) < 4.78 is 44.1. The second-order valence-corrected chi connectivity index (χ2v) is 21.7. The van der Waals surface area contributed by atoms with Gasteiger partial charge in [-0.25, -0.2) is 4.79 Å². The minimum absolute atomic E-state index is 0.00682. The van der Waals surface area contributed by atoms with Gasteiger partial charge in [0, 0.05) is 86.6 Å². The molecule has 3 aromatic carbocycles. The average Bonchev–Trinajstić information content (AvgIpc) is 1.96. The Kier molecular flexibility index (Phi) is 22.9. The van der Waals surface area contributed by atoms with Gasteiger partial charge < -0.3 is 48.1 Å². The number of piperidine rings is 1. The van der Waals surface area contributed by atoms with Crippen LogP contribution in [-0.4, -0.2) is 194 Å². The molecule has 2 aromatic heterocycles. The first-order valence-electron chi connectivity index (χ1n) is 28.6. The number of rotatable bonds is 32. The molecule has 0 spiro atoms. The molecule has 84 heavy (non-hydrogen) atoms. The number of halogens is 2. The lowest BCUT2D eigenvalue weighted by molar-refractivity contribution is -0.146. The third kappa shape index (κ3) is 15.2. The number of benzene rings is 3. The van der Waals surface area contributed by atoms with Crippen LogP contribution in [0.4, 0.5) is 5.69 Å². The van der Waals surface area contributed by atoms with Gasteiger partial charge in [0.1, 0.15) is 17.5 Å². The zero-order chi connectivity index (χ0) is 60.0. The van der Waals surface area contributed by atoms with Gasteiger partial charge in [0.15, 0.2) is 6.23 Å². The number of hydrogen-bond acceptors (Lipinski definition) is 16. The summed E-state index contributed by atoms with van der Waals surface area (Å²) >= 11 is 13.6. The number of piperazine rings is 1. The van der Waals surface area contributed by atoms with Gasteiger partial charge in [-0.15, -0.1) is 0 Å². The lowest BCUT2D eigenvalue weighted by Crippen LogP contribution is -2.55. The summed E-state index contributed by atoms with van der Waals surface area (Å²) in [5.74, 6) is -3.73. The second kappa shape index (κ2) is 30.2. The summed E-state index contributed by atoms with van der Waals surface area (Å²) in [6.07, 6.45) is 0.627. The minimum Gasteiger partial charge on any atom is -0.494 e. The van der Waals surface area contributed by atoms with Gasteiger partial charge in [-0.3, -0.25) is 48.7 Å². The van der Waals surface area contributed by atoms with Gasteiger partial charge in [-0.05, 0) is 100 Å². The Morgan fingerprint density at radius 2 is 1.40 bits per heavy atom. The SMILES string of the molecule is CCCOCCOCCOCCOCCOCCOC(C(=O)Nc1cccc2c1C(=O)N(C1CCC(=O)NC1=O)C2=O)N1CCN(CCn2c(C(=O)O)c(CCCOc3cc(C)c(Cl)c(C)c3)c3ccc(Cl)c(-c4c(C)nn(C)c4C)c32)CC1. The number of amides is 5. The topological polar surface area (TPSA) is 244 Å². The first-order chi connectivity index (χ1) is 40.5. The van der Waals surface area contributed by atoms with E-state index in [1.54, 1.807) is 4.68 Å². The molecule has 0 bridgehead atoms. The normalized spacial score (nSPS) is 16.2. The van der Waals surface area contributed by atoms with Gasteiger partial charge in [0.25, 0.3) is 17.7 Å². The lowest BCUT2D eigenvalue weighted by Gasteiger charge is -2.38. The Morgan fingerprint density at radius 3 is 2.00 bits per heavy atom. The summed E-state index contributed by atoms with van der Waals surface area (Å²) in [4.78, 5) is 85.5. The van der Waals surface area contributed by atoms with Crippen molar-refractivity contribution in [3.63, 3.8) is 0 Å². The number of hydrogen-bond donors (Lipinski definition) is 3. The number of carbonyl (C=O) groups excluding carboxylic acids is 5. The lowest BCUT2D eigenvalue weighted by atomic mass is 9.98. The van der Waals surface area contributed by atoms with Crippen molar-refractivity contribution in [2.24, 2.45) is 7.05 Å². The third-order valence-corrected chi connectivity index (χ3v) is 16.1. The number of nitrogens with zero attached hydrogens (tertiary/aromatic N) is 6. The van der Waals surface area contributed by atoms with Crippen molar-refractivity contribution in [3.8, 4) is 16.9 Å². The molecule has 0 saturated carbocycles. The van der Waals surface area contributed by atoms with Crippen LogP contribution in [0.1, 0.15) is 91.9 Å². The number of anilines is 1. The molecule has 454 valence electrons. The van der Waals surface area contributed by atoms with Crippen molar-refractivity contribution in [1.29, 1.82) is 0 Å². The number of carbonyl (C=O) groups is 6. The number of ether oxygens (including phenoxy) is 7. The Morgan fingerprint density at radius 1 is 0.774 bits per heavy atom. The highest BCUT2D eigenvalue weighted by Gasteiger charge is 2.46. The van der Waals surface area contributed by atoms with Crippen LogP contribution in [0.25, 0.3) is 22.0 Å². The summed E-state index contributed by atoms with van der Waals surface area (Å²) in [6.45, 7) is 16.6. The van der Waals surface area contributed by atoms with E-state index in [9.17, 15) is 33.9 Å². The van der Waals surface area contributed by atoms with Gasteiger partial charge in [0.2, 0.25) is 11.8 Å². The number of aryl methyl sites for hydroxylation is 5. The molecule has 2 fully saturated rings. The Bertz CT molecular complexity index is 3170. The highest BCUT2D eigenvalue weighted by molar-refractivity contribution is 6.35. The monoisotopic (exact) mass is 1200 g/mol. The molecule has 0 aliphatic carbocycles. The van der Waals surface area contributed by atoms with Crippen LogP contribution in [0, 0.1) is 27.7 Å². The van der Waals surface area contributed by atoms with Crippen LogP contribution >= 0.6 is 23.2 Å².